The van der Waals surface area contributed by atoms with Gasteiger partial charge in [0.05, 0.1) is 29.3 Å². The van der Waals surface area contributed by atoms with Crippen LogP contribution in [0.15, 0.2) is 71.8 Å². The lowest BCUT2D eigenvalue weighted by atomic mass is 10.1. The number of aryl methyl sites for hydroxylation is 1. The number of ether oxygens (including phenoxy) is 1. The maximum Gasteiger partial charge on any atom is 0.416 e. The Kier molecular flexibility index (Phi) is 4.70. The van der Waals surface area contributed by atoms with Crippen molar-refractivity contribution in [2.24, 2.45) is 0 Å². The summed E-state index contributed by atoms with van der Waals surface area (Å²) in [5.74, 6) is 0.724. The lowest BCUT2D eigenvalue weighted by molar-refractivity contribution is -0.137. The van der Waals surface area contributed by atoms with E-state index in [4.69, 9.17) is 4.74 Å². The van der Waals surface area contributed by atoms with E-state index < -0.39 is 17.3 Å². The fraction of sp³-hybridized carbons (Fsp3) is 0.125. The highest BCUT2D eigenvalue weighted by Crippen LogP contribution is 2.31. The minimum absolute atomic E-state index is 0.118. The molecule has 2 aromatic carbocycles. The molecule has 0 unspecified atom stereocenters. The highest BCUT2D eigenvalue weighted by atomic mass is 19.4. The Hall–Kier alpha value is -4.14. The third-order valence-electron chi connectivity index (χ3n) is 5.52. The average Bonchev–Trinajstić information content (AvgIpc) is 3.15. The third kappa shape index (κ3) is 3.42. The van der Waals surface area contributed by atoms with E-state index >= 15 is 0 Å². The summed E-state index contributed by atoms with van der Waals surface area (Å²) < 4.78 is 47.3. The number of methoxy groups -OCH3 is 1. The number of aromatic nitrogens is 4. The maximum absolute atomic E-state index is 13.2. The Bertz CT molecular complexity index is 1570. The van der Waals surface area contributed by atoms with Crippen LogP contribution in [0.2, 0.25) is 0 Å². The lowest BCUT2D eigenvalue weighted by Gasteiger charge is -2.11. The second-order valence-electron chi connectivity index (χ2n) is 7.52. The van der Waals surface area contributed by atoms with E-state index in [0.717, 1.165) is 34.7 Å². The molecular formula is C24H17F3N4O2. The van der Waals surface area contributed by atoms with Gasteiger partial charge in [-0.1, -0.05) is 18.2 Å². The predicted octanol–water partition coefficient (Wildman–Crippen LogP) is 5.04. The number of hydrogen-bond donors (Lipinski definition) is 0. The van der Waals surface area contributed by atoms with Gasteiger partial charge in [-0.05, 0) is 48.9 Å². The highest BCUT2D eigenvalue weighted by molar-refractivity contribution is 5.86. The van der Waals surface area contributed by atoms with E-state index in [2.05, 4.69) is 10.1 Å². The molecule has 0 saturated carbocycles. The topological polar surface area (TPSA) is 61.4 Å². The Labute approximate surface area is 185 Å². The molecule has 5 rings (SSSR count). The van der Waals surface area contributed by atoms with E-state index in [9.17, 15) is 18.0 Å². The molecule has 3 aromatic heterocycles. The average molecular weight is 450 g/mol. The van der Waals surface area contributed by atoms with E-state index in [0.29, 0.717) is 11.2 Å². The molecule has 0 saturated heterocycles. The van der Waals surface area contributed by atoms with Crippen molar-refractivity contribution in [2.75, 3.05) is 7.11 Å². The van der Waals surface area contributed by atoms with Gasteiger partial charge in [0.1, 0.15) is 5.75 Å². The summed E-state index contributed by atoms with van der Waals surface area (Å²) in [6.45, 7) is 1.85. The summed E-state index contributed by atoms with van der Waals surface area (Å²) in [5, 5.41) is 4.82. The van der Waals surface area contributed by atoms with Gasteiger partial charge >= 0.3 is 6.18 Å². The molecule has 0 aliphatic carbocycles. The van der Waals surface area contributed by atoms with Gasteiger partial charge in [-0.25, -0.2) is 9.50 Å². The second kappa shape index (κ2) is 7.47. The van der Waals surface area contributed by atoms with E-state index in [-0.39, 0.29) is 11.1 Å². The molecule has 33 heavy (non-hydrogen) atoms. The quantitative estimate of drug-likeness (QED) is 0.387. The SMILES string of the molecule is COc1ccc(-c2c(C)nn3c2ncc2c(=O)n(-c4cccc(C(F)(F)F)c4)ccc23)cc1. The molecule has 0 aliphatic rings. The summed E-state index contributed by atoms with van der Waals surface area (Å²) in [5.41, 5.74) is 2.33. The number of benzene rings is 2. The van der Waals surface area contributed by atoms with Crippen LogP contribution in [0.5, 0.6) is 5.75 Å². The van der Waals surface area contributed by atoms with Crippen LogP contribution in [-0.4, -0.2) is 26.3 Å². The van der Waals surface area contributed by atoms with Crippen LogP contribution in [-0.2, 0) is 6.18 Å². The van der Waals surface area contributed by atoms with Crippen LogP contribution < -0.4 is 10.3 Å². The van der Waals surface area contributed by atoms with Gasteiger partial charge in [0.2, 0.25) is 0 Å². The minimum atomic E-state index is -4.51. The number of nitrogens with zero attached hydrogens (tertiary/aromatic N) is 4. The molecule has 0 amide bonds. The van der Waals surface area contributed by atoms with Crippen LogP contribution in [0, 0.1) is 6.92 Å². The van der Waals surface area contributed by atoms with Crippen molar-refractivity contribution in [3.8, 4) is 22.6 Å². The van der Waals surface area contributed by atoms with E-state index in [1.54, 1.807) is 17.7 Å². The van der Waals surface area contributed by atoms with Crippen LogP contribution >= 0.6 is 0 Å². The van der Waals surface area contributed by atoms with Crippen LogP contribution in [0.3, 0.4) is 0 Å². The first-order valence-corrected chi connectivity index (χ1v) is 9.99. The fourth-order valence-corrected chi connectivity index (χ4v) is 3.91. The molecule has 0 bridgehead atoms. The molecule has 166 valence electrons. The first-order valence-electron chi connectivity index (χ1n) is 9.99. The molecule has 6 nitrogen and oxygen atoms in total. The van der Waals surface area contributed by atoms with Gasteiger partial charge in [0.25, 0.3) is 5.56 Å². The molecule has 0 atom stereocenters. The van der Waals surface area contributed by atoms with Gasteiger partial charge in [-0.15, -0.1) is 0 Å². The summed E-state index contributed by atoms with van der Waals surface area (Å²) in [6, 6.07) is 13.8. The molecule has 9 heteroatoms. The number of fused-ring (bicyclic) bond motifs is 3. The lowest BCUT2D eigenvalue weighted by Crippen LogP contribution is -2.19. The van der Waals surface area contributed by atoms with Gasteiger partial charge in [-0.3, -0.25) is 9.36 Å². The highest BCUT2D eigenvalue weighted by Gasteiger charge is 2.30. The van der Waals surface area contributed by atoms with Crippen molar-refractivity contribution < 1.29 is 17.9 Å². The fourth-order valence-electron chi connectivity index (χ4n) is 3.91. The largest absolute Gasteiger partial charge is 0.497 e. The molecule has 0 N–H and O–H groups in total. The van der Waals surface area contributed by atoms with Crippen LogP contribution in [0.4, 0.5) is 13.2 Å². The van der Waals surface area contributed by atoms with Crippen molar-refractivity contribution in [2.45, 2.75) is 13.1 Å². The van der Waals surface area contributed by atoms with Crippen molar-refractivity contribution in [1.82, 2.24) is 19.2 Å². The summed E-state index contributed by atoms with van der Waals surface area (Å²) in [4.78, 5) is 17.6. The summed E-state index contributed by atoms with van der Waals surface area (Å²) in [7, 11) is 1.59. The van der Waals surface area contributed by atoms with Crippen molar-refractivity contribution >= 4 is 16.6 Å². The van der Waals surface area contributed by atoms with Gasteiger partial charge in [-0.2, -0.15) is 18.3 Å². The number of halogens is 3. The first kappa shape index (κ1) is 20.7. The molecule has 0 radical (unpaired) electrons. The van der Waals surface area contributed by atoms with Crippen molar-refractivity contribution in [1.29, 1.82) is 0 Å². The zero-order valence-electron chi connectivity index (χ0n) is 17.6. The van der Waals surface area contributed by atoms with Gasteiger partial charge in [0.15, 0.2) is 5.65 Å². The molecule has 0 aliphatic heterocycles. The molecular weight excluding hydrogens is 433 g/mol. The van der Waals surface area contributed by atoms with E-state index in [1.165, 1.54) is 29.1 Å². The maximum atomic E-state index is 13.2. The number of hydrogen-bond acceptors (Lipinski definition) is 4. The Morgan fingerprint density at radius 2 is 1.79 bits per heavy atom. The zero-order chi connectivity index (χ0) is 23.3. The monoisotopic (exact) mass is 450 g/mol. The van der Waals surface area contributed by atoms with Crippen LogP contribution in [0.1, 0.15) is 11.3 Å². The van der Waals surface area contributed by atoms with Gasteiger partial charge in [0, 0.05) is 23.6 Å². The number of pyridine rings is 1. The second-order valence-corrected chi connectivity index (χ2v) is 7.52. The summed E-state index contributed by atoms with van der Waals surface area (Å²) in [6.07, 6.45) is -1.62. The van der Waals surface area contributed by atoms with Crippen LogP contribution in [0.25, 0.3) is 33.4 Å². The standard InChI is InChI=1S/C24H17F3N4O2/c1-14-21(15-6-8-18(33-2)9-7-15)22-28-13-19-20(31(22)29-14)10-11-30(23(19)32)17-5-3-4-16(12-17)24(25,26)27/h3-13H,1-2H3. The zero-order valence-corrected chi connectivity index (χ0v) is 17.6. The molecule has 3 heterocycles. The smallest absolute Gasteiger partial charge is 0.416 e. The molecule has 0 fully saturated rings. The molecule has 0 spiro atoms. The predicted molar refractivity (Wildman–Crippen MR) is 118 cm³/mol. The summed E-state index contributed by atoms with van der Waals surface area (Å²) >= 11 is 0. The number of alkyl halides is 3. The van der Waals surface area contributed by atoms with Crippen molar-refractivity contribution in [3.63, 3.8) is 0 Å². The normalized spacial score (nSPS) is 11.9. The molecule has 5 aromatic rings. The first-order chi connectivity index (χ1) is 15.8. The minimum Gasteiger partial charge on any atom is -0.497 e. The Morgan fingerprint density at radius 3 is 2.48 bits per heavy atom. The van der Waals surface area contributed by atoms with Crippen molar-refractivity contribution in [3.05, 3.63) is 88.6 Å². The Morgan fingerprint density at radius 1 is 1.03 bits per heavy atom. The Balaban J connectivity index is 1.68. The third-order valence-corrected chi connectivity index (χ3v) is 5.52. The van der Waals surface area contributed by atoms with E-state index in [1.807, 2.05) is 31.2 Å². The van der Waals surface area contributed by atoms with Gasteiger partial charge < -0.3 is 4.74 Å². The number of rotatable bonds is 3.